The van der Waals surface area contributed by atoms with Crippen LogP contribution < -0.4 is 0 Å². The first kappa shape index (κ1) is 13.9. The van der Waals surface area contributed by atoms with E-state index in [9.17, 15) is 0 Å². The lowest BCUT2D eigenvalue weighted by atomic mass is 10.1. The second kappa shape index (κ2) is 5.74. The van der Waals surface area contributed by atoms with Crippen LogP contribution >= 0.6 is 11.6 Å². The van der Waals surface area contributed by atoms with Crippen molar-refractivity contribution in [2.45, 2.75) is 44.8 Å². The van der Waals surface area contributed by atoms with Crippen LogP contribution in [0.25, 0.3) is 11.0 Å². The zero-order chi connectivity index (χ0) is 14.1. The van der Waals surface area contributed by atoms with Crippen LogP contribution in [-0.4, -0.2) is 28.6 Å². The zero-order valence-electron chi connectivity index (χ0n) is 12.1. The summed E-state index contributed by atoms with van der Waals surface area (Å²) in [7, 11) is 1.81. The van der Waals surface area contributed by atoms with Crippen molar-refractivity contribution < 1.29 is 4.74 Å². The first-order chi connectivity index (χ1) is 9.76. The maximum atomic E-state index is 5.97. The van der Waals surface area contributed by atoms with E-state index in [1.165, 1.54) is 17.5 Å². The van der Waals surface area contributed by atoms with Crippen LogP contribution in [0, 0.1) is 6.92 Å². The third-order valence-electron chi connectivity index (χ3n) is 4.37. The van der Waals surface area contributed by atoms with Crippen molar-refractivity contribution in [1.29, 1.82) is 0 Å². The number of rotatable bonds is 4. The highest BCUT2D eigenvalue weighted by atomic mass is 35.5. The summed E-state index contributed by atoms with van der Waals surface area (Å²) in [6.07, 6.45) is 4.61. The molecule has 1 aliphatic carbocycles. The van der Waals surface area contributed by atoms with Gasteiger partial charge in [0.15, 0.2) is 0 Å². The molecule has 2 unspecified atom stereocenters. The monoisotopic (exact) mass is 292 g/mol. The standard InChI is InChI=1S/C16H21ClN2O/c1-11-5-3-7-13-16(11)18-15(9-10-17)19(13)12-6-4-8-14(12)20-2/h3,5,7,12,14H,4,6,8-10H2,1-2H3. The number of halogens is 1. The van der Waals surface area contributed by atoms with Gasteiger partial charge in [-0.2, -0.15) is 0 Å². The lowest BCUT2D eigenvalue weighted by Crippen LogP contribution is -2.22. The summed E-state index contributed by atoms with van der Waals surface area (Å²) in [5, 5.41) is 0. The second-order valence-electron chi connectivity index (χ2n) is 5.55. The van der Waals surface area contributed by atoms with Gasteiger partial charge < -0.3 is 9.30 Å². The number of hydrogen-bond donors (Lipinski definition) is 0. The number of fused-ring (bicyclic) bond motifs is 1. The molecule has 0 saturated heterocycles. The summed E-state index contributed by atoms with van der Waals surface area (Å²) in [6.45, 7) is 2.12. The van der Waals surface area contributed by atoms with Crippen molar-refractivity contribution in [3.05, 3.63) is 29.6 Å². The van der Waals surface area contributed by atoms with Gasteiger partial charge in [-0.25, -0.2) is 4.98 Å². The molecule has 1 aliphatic rings. The molecule has 1 aromatic heterocycles. The highest BCUT2D eigenvalue weighted by Gasteiger charge is 2.31. The Kier molecular flexibility index (Phi) is 3.99. The molecule has 1 aromatic carbocycles. The van der Waals surface area contributed by atoms with Gasteiger partial charge >= 0.3 is 0 Å². The number of nitrogens with zero attached hydrogens (tertiary/aromatic N) is 2. The van der Waals surface area contributed by atoms with Crippen molar-refractivity contribution in [1.82, 2.24) is 9.55 Å². The maximum absolute atomic E-state index is 5.97. The summed E-state index contributed by atoms with van der Waals surface area (Å²) in [4.78, 5) is 4.84. The number of aryl methyl sites for hydroxylation is 2. The van der Waals surface area contributed by atoms with E-state index in [2.05, 4.69) is 29.7 Å². The number of imidazole rings is 1. The van der Waals surface area contributed by atoms with Crippen molar-refractivity contribution in [3.8, 4) is 0 Å². The molecule has 1 saturated carbocycles. The van der Waals surface area contributed by atoms with Crippen LogP contribution in [-0.2, 0) is 11.2 Å². The van der Waals surface area contributed by atoms with Crippen LogP contribution in [0.4, 0.5) is 0 Å². The normalized spacial score (nSPS) is 22.8. The second-order valence-corrected chi connectivity index (χ2v) is 5.93. The van der Waals surface area contributed by atoms with Crippen molar-refractivity contribution in [2.75, 3.05) is 13.0 Å². The lowest BCUT2D eigenvalue weighted by Gasteiger charge is -2.22. The molecule has 20 heavy (non-hydrogen) atoms. The fourth-order valence-electron chi connectivity index (χ4n) is 3.41. The Hall–Kier alpha value is -1.06. The van der Waals surface area contributed by atoms with E-state index in [1.807, 2.05) is 7.11 Å². The quantitative estimate of drug-likeness (QED) is 0.800. The minimum absolute atomic E-state index is 0.294. The molecule has 0 bridgehead atoms. The number of alkyl halides is 1. The number of para-hydroxylation sites is 1. The van der Waals surface area contributed by atoms with Crippen LogP contribution in [0.15, 0.2) is 18.2 Å². The fourth-order valence-corrected chi connectivity index (χ4v) is 3.58. The lowest BCUT2D eigenvalue weighted by molar-refractivity contribution is 0.0753. The van der Waals surface area contributed by atoms with Gasteiger partial charge in [0.05, 0.1) is 23.2 Å². The number of benzene rings is 1. The van der Waals surface area contributed by atoms with E-state index in [0.717, 1.165) is 30.6 Å². The summed E-state index contributed by atoms with van der Waals surface area (Å²) in [6, 6.07) is 6.78. The van der Waals surface area contributed by atoms with Crippen LogP contribution in [0.2, 0.25) is 0 Å². The molecule has 0 spiro atoms. The van der Waals surface area contributed by atoms with E-state index in [0.29, 0.717) is 18.0 Å². The molecular formula is C16H21ClN2O. The van der Waals surface area contributed by atoms with Crippen LogP contribution in [0.1, 0.15) is 36.7 Å². The maximum Gasteiger partial charge on any atom is 0.111 e. The Morgan fingerprint density at radius 3 is 3.00 bits per heavy atom. The number of ether oxygens (including phenoxy) is 1. The number of aromatic nitrogens is 2. The van der Waals surface area contributed by atoms with E-state index >= 15 is 0 Å². The zero-order valence-corrected chi connectivity index (χ0v) is 12.9. The summed E-state index contributed by atoms with van der Waals surface area (Å²) < 4.78 is 8.06. The van der Waals surface area contributed by atoms with Crippen molar-refractivity contribution in [2.24, 2.45) is 0 Å². The Morgan fingerprint density at radius 1 is 1.40 bits per heavy atom. The SMILES string of the molecule is COC1CCCC1n1c(CCCl)nc2c(C)cccc21. The molecule has 1 heterocycles. The smallest absolute Gasteiger partial charge is 0.111 e. The first-order valence-corrected chi connectivity index (χ1v) is 7.85. The van der Waals surface area contributed by atoms with E-state index in [-0.39, 0.29) is 0 Å². The topological polar surface area (TPSA) is 27.1 Å². The molecule has 0 aliphatic heterocycles. The minimum Gasteiger partial charge on any atom is -0.379 e. The van der Waals surface area contributed by atoms with Gasteiger partial charge in [0.25, 0.3) is 0 Å². The predicted octanol–water partition coefficient (Wildman–Crippen LogP) is 3.87. The number of hydrogen-bond acceptors (Lipinski definition) is 2. The minimum atomic E-state index is 0.294. The van der Waals surface area contributed by atoms with Gasteiger partial charge in [-0.15, -0.1) is 11.6 Å². The molecule has 2 aromatic rings. The Balaban J connectivity index is 2.16. The van der Waals surface area contributed by atoms with Gasteiger partial charge in [-0.3, -0.25) is 0 Å². The summed E-state index contributed by atoms with van der Waals surface area (Å²) >= 11 is 5.97. The molecule has 0 amide bonds. The molecule has 1 fully saturated rings. The summed E-state index contributed by atoms with van der Waals surface area (Å²) in [5.41, 5.74) is 3.55. The fraction of sp³-hybridized carbons (Fsp3) is 0.562. The molecular weight excluding hydrogens is 272 g/mol. The Labute approximate surface area is 124 Å². The van der Waals surface area contributed by atoms with Gasteiger partial charge in [0, 0.05) is 19.4 Å². The molecule has 3 nitrogen and oxygen atoms in total. The summed E-state index contributed by atoms with van der Waals surface area (Å²) in [5.74, 6) is 1.70. The van der Waals surface area contributed by atoms with Gasteiger partial charge in [0.2, 0.25) is 0 Å². The Bertz CT molecular complexity index is 608. The average Bonchev–Trinajstić information content (AvgIpc) is 3.03. The van der Waals surface area contributed by atoms with Crippen LogP contribution in [0.5, 0.6) is 0 Å². The molecule has 3 rings (SSSR count). The molecule has 4 heteroatoms. The predicted molar refractivity (Wildman–Crippen MR) is 82.6 cm³/mol. The van der Waals surface area contributed by atoms with E-state index in [4.69, 9.17) is 21.3 Å². The highest BCUT2D eigenvalue weighted by molar-refractivity contribution is 6.17. The third kappa shape index (κ3) is 2.23. The molecule has 0 N–H and O–H groups in total. The largest absolute Gasteiger partial charge is 0.379 e. The van der Waals surface area contributed by atoms with E-state index in [1.54, 1.807) is 0 Å². The molecule has 108 valence electrons. The molecule has 2 atom stereocenters. The van der Waals surface area contributed by atoms with Gasteiger partial charge in [-0.05, 0) is 37.8 Å². The Morgan fingerprint density at radius 2 is 2.25 bits per heavy atom. The number of methoxy groups -OCH3 is 1. The average molecular weight is 293 g/mol. The van der Waals surface area contributed by atoms with Gasteiger partial charge in [-0.1, -0.05) is 12.1 Å². The third-order valence-corrected chi connectivity index (χ3v) is 4.55. The van der Waals surface area contributed by atoms with Crippen LogP contribution in [0.3, 0.4) is 0 Å². The van der Waals surface area contributed by atoms with E-state index < -0.39 is 0 Å². The van der Waals surface area contributed by atoms with Gasteiger partial charge in [0.1, 0.15) is 5.82 Å². The molecule has 0 radical (unpaired) electrons. The van der Waals surface area contributed by atoms with Crippen molar-refractivity contribution >= 4 is 22.6 Å². The van der Waals surface area contributed by atoms with Crippen molar-refractivity contribution in [3.63, 3.8) is 0 Å². The highest BCUT2D eigenvalue weighted by Crippen LogP contribution is 2.36. The first-order valence-electron chi connectivity index (χ1n) is 7.31.